The number of aromatic amines is 1. The highest BCUT2D eigenvalue weighted by Gasteiger charge is 2.48. The third kappa shape index (κ3) is 26.0. The molecule has 1 aromatic heterocycles. The fourth-order valence-corrected chi connectivity index (χ4v) is 14.2. The zero-order valence-electron chi connectivity index (χ0n) is 63.9. The van der Waals surface area contributed by atoms with Crippen molar-refractivity contribution in [3.05, 3.63) is 173 Å². The Kier molecular flexibility index (Phi) is 30.7. The summed E-state index contributed by atoms with van der Waals surface area (Å²) < 4.78 is 15.1. The minimum absolute atomic E-state index is 0.0744. The third-order valence-electron chi connectivity index (χ3n) is 17.3. The van der Waals surface area contributed by atoms with Crippen molar-refractivity contribution in [3.8, 4) is 5.75 Å². The smallest absolute Gasteiger partial charge is 0.407 e. The predicted octanol–water partition coefficient (Wildman–Crippen LogP) is 7.60. The number of aliphatic carboxylic acids is 1. The van der Waals surface area contributed by atoms with E-state index in [1.807, 2.05) is 116 Å². The van der Waals surface area contributed by atoms with Crippen molar-refractivity contribution < 1.29 is 72.1 Å². The lowest BCUT2D eigenvalue weighted by Crippen LogP contribution is -2.64. The second kappa shape index (κ2) is 38.3. The summed E-state index contributed by atoms with van der Waals surface area (Å²) in [7, 11) is 0. The van der Waals surface area contributed by atoms with Crippen molar-refractivity contribution in [3.63, 3.8) is 0 Å². The van der Waals surface area contributed by atoms with Crippen LogP contribution in [0.1, 0.15) is 156 Å². The molecule has 578 valence electrons. The molecule has 1 heterocycles. The van der Waals surface area contributed by atoms with E-state index in [1.165, 1.54) is 32.5 Å². The number of hydrogen-bond acceptors (Lipinski definition) is 15. The number of nitrogens with one attached hydrogen (secondary N) is 10. The fourth-order valence-electron chi connectivity index (χ4n) is 12.3. The molecule has 0 saturated carbocycles. The first kappa shape index (κ1) is 85.6. The van der Waals surface area contributed by atoms with Gasteiger partial charge in [0, 0.05) is 55.1 Å². The quantitative estimate of drug-likeness (QED) is 0.0132. The van der Waals surface area contributed by atoms with Crippen LogP contribution < -0.4 is 58.3 Å². The summed E-state index contributed by atoms with van der Waals surface area (Å²) in [5.74, 6) is -8.38. The number of aromatic nitrogens is 1. The van der Waals surface area contributed by atoms with Crippen molar-refractivity contribution in [1.29, 1.82) is 0 Å². The third-order valence-corrected chi connectivity index (χ3v) is 19.1. The molecule has 26 nitrogen and oxygen atoms in total. The van der Waals surface area contributed by atoms with Crippen LogP contribution in [0.4, 0.5) is 4.79 Å². The van der Waals surface area contributed by atoms with Crippen LogP contribution in [-0.4, -0.2) is 159 Å². The van der Waals surface area contributed by atoms with Crippen molar-refractivity contribution in [1.82, 2.24) is 52.8 Å². The summed E-state index contributed by atoms with van der Waals surface area (Å²) >= 11 is 1.38. The van der Waals surface area contributed by atoms with Crippen LogP contribution in [0, 0.1) is 12.3 Å². The van der Waals surface area contributed by atoms with E-state index >= 15 is 19.2 Å². The predicted molar refractivity (Wildman–Crippen MR) is 410 cm³/mol. The van der Waals surface area contributed by atoms with Crippen molar-refractivity contribution in [2.45, 2.75) is 211 Å². The highest BCUT2D eigenvalue weighted by Crippen LogP contribution is 2.54. The lowest BCUT2D eigenvalue weighted by atomic mass is 9.84. The van der Waals surface area contributed by atoms with Gasteiger partial charge in [0.05, 0.1) is 29.4 Å². The van der Waals surface area contributed by atoms with Gasteiger partial charge in [-0.2, -0.15) is 0 Å². The fraction of sp³-hybridized carbons (Fsp3) is 0.463. The van der Waals surface area contributed by atoms with Crippen molar-refractivity contribution in [2.75, 3.05) is 19.7 Å². The number of aryl methyl sites for hydroxylation is 1. The van der Waals surface area contributed by atoms with E-state index in [1.54, 1.807) is 107 Å². The highest BCUT2D eigenvalue weighted by atomic mass is 32.2. The molecule has 0 aliphatic rings. The van der Waals surface area contributed by atoms with E-state index in [4.69, 9.17) is 19.9 Å². The summed E-state index contributed by atoms with van der Waals surface area (Å²) in [6.07, 6.45) is -0.847. The molecule has 27 heteroatoms. The molecule has 0 aliphatic heterocycles. The maximum atomic E-state index is 15.5. The number of amides is 10. The number of unbranched alkanes of at least 4 members (excludes halogenated alkanes) is 1. The van der Waals surface area contributed by atoms with Gasteiger partial charge in [0.2, 0.25) is 53.2 Å². The first-order chi connectivity index (χ1) is 50.2. The number of hydrogen-bond donors (Lipinski definition) is 12. The molecule has 0 saturated heterocycles. The summed E-state index contributed by atoms with van der Waals surface area (Å²) in [6.45, 7) is 25.4. The number of alkyl carbamates (subject to hydrolysis) is 1. The number of rotatable bonds is 37. The number of H-pyrrole nitrogens is 1. The molecule has 107 heavy (non-hydrogen) atoms. The van der Waals surface area contributed by atoms with Gasteiger partial charge in [0.25, 0.3) is 0 Å². The second-order valence-electron chi connectivity index (χ2n) is 30.2. The van der Waals surface area contributed by atoms with E-state index in [2.05, 4.69) is 52.8 Å². The van der Waals surface area contributed by atoms with Crippen LogP contribution in [0.5, 0.6) is 5.75 Å². The maximum Gasteiger partial charge on any atom is 0.407 e. The van der Waals surface area contributed by atoms with Gasteiger partial charge in [-0.1, -0.05) is 142 Å². The summed E-state index contributed by atoms with van der Waals surface area (Å²) in [4.78, 5) is 157. The first-order valence-electron chi connectivity index (χ1n) is 35.8. The number of primary amides is 1. The zero-order chi connectivity index (χ0) is 79.2. The standard InChI is InChI=1S/C80H107N11O15S/c1-48-28-27-35-58-53(47-84-64(48)58)45-60(69(96)86-59(36-25-26-41-82-50(3)92)68(95)91-66(76(5,6)7)72(99)89-62(74(101)102)44-52-37-39-57(40-38-52)104-43-42-83-75(103)106-78(11,12)13)87-71(98)65(49(2)105-77(8,9)10)90-70(97)61(46-63(81)94)88-73(100)67(85-51(4)93)79(14,15)107-80(54-29-19-16-20-30-54,55-31-21-17-22-32-55)56-33-23-18-24-34-56/h16-24,27-35,37-40,47,49,59-62,65-67,84H,25-26,36,41-46H2,1-15H3,(H2,81,94)(H,82,92)(H,83,103)(H,85,93)(H,86,96)(H,87,98)(H,88,100)(H,89,99)(H,90,97)(H,91,95)(H,101,102)/t49-,59+,60+,61+,62+,65+,66-,67-/m1/s1. The van der Waals surface area contributed by atoms with E-state index in [9.17, 15) is 38.7 Å². The van der Waals surface area contributed by atoms with E-state index in [-0.39, 0.29) is 51.3 Å². The average molecular weight is 1490 g/mol. The largest absolute Gasteiger partial charge is 0.492 e. The lowest BCUT2D eigenvalue weighted by Gasteiger charge is -2.44. The SMILES string of the molecule is CC(=O)NCCCC[C@H](NC(=O)[C@H](Cc1c[nH]c2c(C)cccc12)NC(=O)[C@@H](NC(=O)[C@H](CC(N)=O)NC(=O)[C@@H](NC(C)=O)C(C)(C)SC(c1ccccc1)(c1ccccc1)c1ccccc1)[C@@H](C)OC(C)(C)C)C(=O)N[C@H](C(=O)N[C@@H](Cc1ccc(OCCNC(=O)OC(C)(C)C)cc1)C(=O)O)C(C)(C)C. The molecule has 0 unspecified atom stereocenters. The molecule has 10 amide bonds. The number of carbonyl (C=O) groups excluding carboxylic acids is 10. The summed E-state index contributed by atoms with van der Waals surface area (Å²) in [5.41, 5.74) is 8.33. The maximum absolute atomic E-state index is 15.5. The Morgan fingerprint density at radius 2 is 1.07 bits per heavy atom. The number of carbonyl (C=O) groups is 11. The number of carboxylic acids is 1. The molecule has 0 aliphatic carbocycles. The molecular weight excluding hydrogens is 1390 g/mol. The van der Waals surface area contributed by atoms with Crippen LogP contribution in [-0.2, 0) is 75.0 Å². The van der Waals surface area contributed by atoms with Gasteiger partial charge in [0.15, 0.2) is 0 Å². The number of para-hydroxylation sites is 1. The number of nitrogens with two attached hydrogens (primary N) is 1. The average Bonchev–Trinajstić information content (AvgIpc) is 1.16. The topological polar surface area (TPSA) is 386 Å². The minimum atomic E-state index is -1.78. The van der Waals surface area contributed by atoms with Crippen LogP contribution in [0.2, 0.25) is 0 Å². The second-order valence-corrected chi connectivity index (χ2v) is 32.1. The number of benzene rings is 5. The van der Waals surface area contributed by atoms with Crippen LogP contribution in [0.15, 0.2) is 140 Å². The van der Waals surface area contributed by atoms with E-state index < -0.39 is 140 Å². The molecule has 0 fully saturated rings. The Bertz CT molecular complexity index is 3940. The molecule has 0 radical (unpaired) electrons. The Hall–Kier alpha value is -10.3. The van der Waals surface area contributed by atoms with Crippen molar-refractivity contribution >= 4 is 87.9 Å². The van der Waals surface area contributed by atoms with Crippen LogP contribution >= 0.6 is 11.8 Å². The number of fused-ring (bicyclic) bond motifs is 1. The number of thioether (sulfide) groups is 1. The monoisotopic (exact) mass is 1490 g/mol. The van der Waals surface area contributed by atoms with Gasteiger partial charge in [-0.15, -0.1) is 11.8 Å². The molecule has 0 spiro atoms. The number of ether oxygens (including phenoxy) is 3. The first-order valence-corrected chi connectivity index (χ1v) is 36.6. The van der Waals surface area contributed by atoms with Gasteiger partial charge in [0.1, 0.15) is 60.3 Å². The molecule has 5 aromatic carbocycles. The molecule has 6 aromatic rings. The van der Waals surface area contributed by atoms with Gasteiger partial charge >= 0.3 is 12.1 Å². The van der Waals surface area contributed by atoms with Crippen molar-refractivity contribution in [2.24, 2.45) is 11.1 Å². The Balaban J connectivity index is 1.31. The summed E-state index contributed by atoms with van der Waals surface area (Å²) in [5, 5.41) is 35.7. The van der Waals surface area contributed by atoms with E-state index in [0.717, 1.165) is 27.8 Å². The Morgan fingerprint density at radius 3 is 1.59 bits per heavy atom. The molecular formula is C80H107N11O15S. The highest BCUT2D eigenvalue weighted by molar-refractivity contribution is 8.02. The van der Waals surface area contributed by atoms with Gasteiger partial charge in [-0.25, -0.2) is 9.59 Å². The normalized spacial score (nSPS) is 14.2. The molecule has 0 bridgehead atoms. The van der Waals surface area contributed by atoms with Crippen LogP contribution in [0.25, 0.3) is 10.9 Å². The van der Waals surface area contributed by atoms with Crippen LogP contribution in [0.3, 0.4) is 0 Å². The zero-order valence-corrected chi connectivity index (χ0v) is 64.7. The summed E-state index contributed by atoms with van der Waals surface area (Å²) in [6, 6.07) is 30.2. The minimum Gasteiger partial charge on any atom is -0.492 e. The van der Waals surface area contributed by atoms with Gasteiger partial charge in [-0.05, 0) is 139 Å². The van der Waals surface area contributed by atoms with Gasteiger partial charge < -0.3 is 77.9 Å². The Morgan fingerprint density at radius 1 is 0.533 bits per heavy atom. The Labute approximate surface area is 630 Å². The molecule has 8 atom stereocenters. The molecule has 13 N–H and O–H groups in total. The number of carboxylic acid groups (broad SMARTS) is 1. The molecule has 6 rings (SSSR count). The van der Waals surface area contributed by atoms with Gasteiger partial charge in [-0.3, -0.25) is 43.2 Å². The van der Waals surface area contributed by atoms with E-state index in [0.29, 0.717) is 28.7 Å². The lowest BCUT2D eigenvalue weighted by molar-refractivity contribution is -0.143.